The third-order valence-corrected chi connectivity index (χ3v) is 4.60. The Kier molecular flexibility index (Phi) is 4.81. The van der Waals surface area contributed by atoms with Crippen LogP contribution in [0.2, 0.25) is 10.0 Å². The number of piperazine rings is 1. The van der Waals surface area contributed by atoms with Crippen LogP contribution in [0.5, 0.6) is 0 Å². The van der Waals surface area contributed by atoms with E-state index >= 15 is 0 Å². The minimum absolute atomic E-state index is 0.442. The lowest BCUT2D eigenvalue weighted by Gasteiger charge is -2.36. The normalized spacial score (nSPS) is 16.0. The number of hydrogen-bond donors (Lipinski definition) is 0. The summed E-state index contributed by atoms with van der Waals surface area (Å²) in [6.45, 7) is 4.17. The van der Waals surface area contributed by atoms with Crippen LogP contribution in [0.4, 0.5) is 10.1 Å². The van der Waals surface area contributed by atoms with Gasteiger partial charge in [-0.15, -0.1) is 0 Å². The molecule has 0 aliphatic carbocycles. The topological polar surface area (TPSA) is 19.4 Å². The van der Waals surface area contributed by atoms with Gasteiger partial charge in [-0.1, -0.05) is 29.3 Å². The largest absolute Gasteiger partial charge is 0.369 e. The number of rotatable bonds is 3. The zero-order valence-electron chi connectivity index (χ0n) is 12.0. The van der Waals surface area contributed by atoms with Crippen LogP contribution in [0.3, 0.4) is 0 Å². The van der Waals surface area contributed by atoms with Gasteiger partial charge in [-0.2, -0.15) is 4.39 Å². The first-order chi connectivity index (χ1) is 10.6. The lowest BCUT2D eigenvalue weighted by molar-refractivity contribution is 0.250. The van der Waals surface area contributed by atoms with E-state index in [2.05, 4.69) is 14.8 Å². The molecule has 116 valence electrons. The van der Waals surface area contributed by atoms with Crippen molar-refractivity contribution in [2.75, 3.05) is 31.1 Å². The molecule has 22 heavy (non-hydrogen) atoms. The highest BCUT2D eigenvalue weighted by Crippen LogP contribution is 2.26. The maximum atomic E-state index is 13.2. The van der Waals surface area contributed by atoms with Crippen LogP contribution in [-0.2, 0) is 6.54 Å². The molecule has 2 heterocycles. The van der Waals surface area contributed by atoms with Gasteiger partial charge in [0.05, 0.1) is 0 Å². The molecule has 1 fully saturated rings. The highest BCUT2D eigenvalue weighted by Gasteiger charge is 2.19. The summed E-state index contributed by atoms with van der Waals surface area (Å²) in [7, 11) is 0. The molecule has 0 N–H and O–H groups in total. The van der Waals surface area contributed by atoms with Gasteiger partial charge < -0.3 is 4.90 Å². The summed E-state index contributed by atoms with van der Waals surface area (Å²) >= 11 is 12.4. The third-order valence-electron chi connectivity index (χ3n) is 3.89. The first kappa shape index (κ1) is 15.5. The maximum Gasteiger partial charge on any atom is 0.214 e. The van der Waals surface area contributed by atoms with Gasteiger partial charge in [-0.25, -0.2) is 4.98 Å². The van der Waals surface area contributed by atoms with E-state index in [-0.39, 0.29) is 0 Å². The number of nitrogens with zero attached hydrogens (tertiary/aromatic N) is 3. The second-order valence-corrected chi connectivity index (χ2v) is 6.11. The van der Waals surface area contributed by atoms with Gasteiger partial charge >= 0.3 is 0 Å². The fraction of sp³-hybridized carbons (Fsp3) is 0.312. The van der Waals surface area contributed by atoms with E-state index in [0.29, 0.717) is 10.0 Å². The molecule has 1 aromatic carbocycles. The summed E-state index contributed by atoms with van der Waals surface area (Å²) in [5.41, 5.74) is 1.84. The predicted molar refractivity (Wildman–Crippen MR) is 88.1 cm³/mol. The van der Waals surface area contributed by atoms with Crippen molar-refractivity contribution in [2.45, 2.75) is 6.54 Å². The number of benzene rings is 1. The van der Waals surface area contributed by atoms with Crippen LogP contribution in [0.1, 0.15) is 5.56 Å². The van der Waals surface area contributed by atoms with E-state index in [0.717, 1.165) is 44.0 Å². The summed E-state index contributed by atoms with van der Waals surface area (Å²) in [6, 6.07) is 8.88. The standard InChI is InChI=1S/C16H16Cl2FN3/c17-14-2-1-3-15(18)13(14)11-21-6-8-22(9-7-21)12-4-5-20-16(19)10-12/h1-5,10H,6-9,11H2. The smallest absolute Gasteiger partial charge is 0.214 e. The van der Waals surface area contributed by atoms with Crippen molar-refractivity contribution in [3.63, 3.8) is 0 Å². The SMILES string of the molecule is Fc1cc(N2CCN(Cc3c(Cl)cccc3Cl)CC2)ccn1. The molecule has 3 rings (SSSR count). The molecule has 1 saturated heterocycles. The van der Waals surface area contributed by atoms with E-state index < -0.39 is 5.95 Å². The van der Waals surface area contributed by atoms with Gasteiger partial charge in [0.25, 0.3) is 0 Å². The predicted octanol–water partition coefficient (Wildman–Crippen LogP) is 3.85. The van der Waals surface area contributed by atoms with Gasteiger partial charge in [0, 0.05) is 66.3 Å². The highest BCUT2D eigenvalue weighted by molar-refractivity contribution is 6.35. The lowest BCUT2D eigenvalue weighted by Crippen LogP contribution is -2.46. The molecule has 0 atom stereocenters. The highest BCUT2D eigenvalue weighted by atomic mass is 35.5. The molecule has 0 unspecified atom stereocenters. The fourth-order valence-corrected chi connectivity index (χ4v) is 3.18. The average Bonchev–Trinajstić information content (AvgIpc) is 2.52. The lowest BCUT2D eigenvalue weighted by atomic mass is 10.2. The van der Waals surface area contributed by atoms with Crippen molar-refractivity contribution in [1.82, 2.24) is 9.88 Å². The van der Waals surface area contributed by atoms with E-state index in [1.807, 2.05) is 24.3 Å². The summed E-state index contributed by atoms with van der Waals surface area (Å²) in [4.78, 5) is 8.06. The number of pyridine rings is 1. The molecule has 0 bridgehead atoms. The molecule has 0 spiro atoms. The molecule has 1 aliphatic heterocycles. The Morgan fingerprint density at radius 3 is 2.36 bits per heavy atom. The minimum atomic E-state index is -0.442. The Bertz CT molecular complexity index is 637. The number of anilines is 1. The van der Waals surface area contributed by atoms with Gasteiger partial charge in [0.1, 0.15) is 0 Å². The molecular formula is C16H16Cl2FN3. The van der Waals surface area contributed by atoms with Crippen LogP contribution in [0, 0.1) is 5.95 Å². The van der Waals surface area contributed by atoms with Crippen molar-refractivity contribution in [2.24, 2.45) is 0 Å². The maximum absolute atomic E-state index is 13.2. The molecule has 2 aromatic rings. The van der Waals surface area contributed by atoms with E-state index in [4.69, 9.17) is 23.2 Å². The quantitative estimate of drug-likeness (QED) is 0.792. The molecule has 1 aliphatic rings. The number of halogens is 3. The van der Waals surface area contributed by atoms with E-state index in [1.165, 1.54) is 12.3 Å². The monoisotopic (exact) mass is 339 g/mol. The summed E-state index contributed by atoms with van der Waals surface area (Å²) in [5.74, 6) is -0.442. The summed E-state index contributed by atoms with van der Waals surface area (Å²) < 4.78 is 13.2. The van der Waals surface area contributed by atoms with Crippen LogP contribution in [-0.4, -0.2) is 36.1 Å². The van der Waals surface area contributed by atoms with Crippen LogP contribution in [0.15, 0.2) is 36.5 Å². The molecule has 6 heteroatoms. The number of aromatic nitrogens is 1. The van der Waals surface area contributed by atoms with Crippen molar-refractivity contribution < 1.29 is 4.39 Å². The molecule has 0 saturated carbocycles. The van der Waals surface area contributed by atoms with Crippen LogP contribution < -0.4 is 4.90 Å². The third kappa shape index (κ3) is 3.51. The molecular weight excluding hydrogens is 324 g/mol. The Hall–Kier alpha value is -1.36. The first-order valence-corrected chi connectivity index (χ1v) is 7.91. The van der Waals surface area contributed by atoms with Gasteiger partial charge in [-0.05, 0) is 18.2 Å². The first-order valence-electron chi connectivity index (χ1n) is 7.15. The number of hydrogen-bond acceptors (Lipinski definition) is 3. The van der Waals surface area contributed by atoms with E-state index in [1.54, 1.807) is 0 Å². The van der Waals surface area contributed by atoms with Crippen LogP contribution >= 0.6 is 23.2 Å². The summed E-state index contributed by atoms with van der Waals surface area (Å²) in [6.07, 6.45) is 1.50. The van der Waals surface area contributed by atoms with Gasteiger partial charge in [0.2, 0.25) is 5.95 Å². The Morgan fingerprint density at radius 2 is 1.73 bits per heavy atom. The second kappa shape index (κ2) is 6.82. The van der Waals surface area contributed by atoms with Gasteiger partial charge in [-0.3, -0.25) is 4.90 Å². The zero-order valence-corrected chi connectivity index (χ0v) is 13.5. The van der Waals surface area contributed by atoms with Crippen molar-refractivity contribution >= 4 is 28.9 Å². The van der Waals surface area contributed by atoms with Crippen molar-refractivity contribution in [3.8, 4) is 0 Å². The zero-order chi connectivity index (χ0) is 15.5. The van der Waals surface area contributed by atoms with Crippen LogP contribution in [0.25, 0.3) is 0 Å². The fourth-order valence-electron chi connectivity index (χ4n) is 2.66. The Labute approximate surface area is 139 Å². The summed E-state index contributed by atoms with van der Waals surface area (Å²) in [5, 5.41) is 1.40. The van der Waals surface area contributed by atoms with Crippen molar-refractivity contribution in [1.29, 1.82) is 0 Å². The van der Waals surface area contributed by atoms with Gasteiger partial charge in [0.15, 0.2) is 0 Å². The van der Waals surface area contributed by atoms with Crippen molar-refractivity contribution in [3.05, 3.63) is 58.1 Å². The molecule has 0 radical (unpaired) electrons. The molecule has 0 amide bonds. The minimum Gasteiger partial charge on any atom is -0.369 e. The Morgan fingerprint density at radius 1 is 1.05 bits per heavy atom. The molecule has 1 aromatic heterocycles. The van der Waals surface area contributed by atoms with E-state index in [9.17, 15) is 4.39 Å². The average molecular weight is 340 g/mol. The Balaban J connectivity index is 1.62. The second-order valence-electron chi connectivity index (χ2n) is 5.30. The molecule has 3 nitrogen and oxygen atoms in total.